The van der Waals surface area contributed by atoms with Gasteiger partial charge in [0.05, 0.1) is 12.0 Å². The molecular formula is C30H48N6O5. The molecule has 1 aromatic carbocycles. The summed E-state index contributed by atoms with van der Waals surface area (Å²) in [5.74, 6) is 0.329. The maximum Gasteiger partial charge on any atom is 0.410 e. The summed E-state index contributed by atoms with van der Waals surface area (Å²) in [6.07, 6.45) is 4.45. The summed E-state index contributed by atoms with van der Waals surface area (Å²) >= 11 is 0. The second kappa shape index (κ2) is 12.3. The highest BCUT2D eigenvalue weighted by Crippen LogP contribution is 2.36. The third-order valence-corrected chi connectivity index (χ3v) is 9.41. The summed E-state index contributed by atoms with van der Waals surface area (Å²) in [5, 5.41) is 11.4. The van der Waals surface area contributed by atoms with Crippen molar-refractivity contribution < 1.29 is 19.2 Å². The smallest absolute Gasteiger partial charge is 0.410 e. The maximum atomic E-state index is 12.3. The number of hydrogen-bond acceptors (Lipinski definition) is 9. The van der Waals surface area contributed by atoms with E-state index in [1.807, 2.05) is 38.7 Å². The molecule has 1 aromatic rings. The Morgan fingerprint density at radius 1 is 0.854 bits per heavy atom. The van der Waals surface area contributed by atoms with Gasteiger partial charge in [0.25, 0.3) is 0 Å². The van der Waals surface area contributed by atoms with E-state index in [-0.39, 0.29) is 16.7 Å². The van der Waals surface area contributed by atoms with Gasteiger partial charge in [-0.05, 0) is 58.9 Å². The van der Waals surface area contributed by atoms with Gasteiger partial charge in [0.2, 0.25) is 0 Å². The first-order valence-electron chi connectivity index (χ1n) is 15.3. The number of methoxy groups -OCH3 is 1. The van der Waals surface area contributed by atoms with E-state index >= 15 is 0 Å². The molecule has 0 N–H and O–H groups in total. The summed E-state index contributed by atoms with van der Waals surface area (Å²) in [6, 6.07) is 5.20. The third-order valence-electron chi connectivity index (χ3n) is 9.41. The summed E-state index contributed by atoms with van der Waals surface area (Å²) < 4.78 is 10.8. The maximum absolute atomic E-state index is 12.3. The Hall–Kier alpha value is -2.63. The number of aryl methyl sites for hydroxylation is 1. The summed E-state index contributed by atoms with van der Waals surface area (Å²) in [4.78, 5) is 35.4. The van der Waals surface area contributed by atoms with Crippen LogP contribution in [-0.4, -0.2) is 127 Å². The lowest BCUT2D eigenvalue weighted by Gasteiger charge is -2.50. The number of piperazine rings is 1. The molecule has 4 heterocycles. The SMILES string of the molecule is COc1cc(N2CCC(N3CCN(C4CCN(C5CN(C(=O)OC(C)(C)C)C5)CC4)CC3)CC2)c(C)cc1[N+](=O)[O-]. The average Bonchev–Trinajstić information content (AvgIpc) is 2.92. The Morgan fingerprint density at radius 3 is 1.85 bits per heavy atom. The van der Waals surface area contributed by atoms with Crippen LogP contribution in [0.15, 0.2) is 12.1 Å². The fourth-order valence-corrected chi connectivity index (χ4v) is 7.03. The molecule has 1 amide bonds. The van der Waals surface area contributed by atoms with Gasteiger partial charge >= 0.3 is 11.8 Å². The van der Waals surface area contributed by atoms with E-state index in [0.29, 0.717) is 23.9 Å². The molecule has 0 spiro atoms. The number of piperidine rings is 2. The van der Waals surface area contributed by atoms with Gasteiger partial charge in [-0.1, -0.05) is 0 Å². The van der Waals surface area contributed by atoms with E-state index in [4.69, 9.17) is 9.47 Å². The number of nitro groups is 1. The van der Waals surface area contributed by atoms with E-state index in [0.717, 1.165) is 89.5 Å². The number of carbonyl (C=O) groups excluding carboxylic acids is 1. The minimum atomic E-state index is -0.440. The van der Waals surface area contributed by atoms with Crippen LogP contribution in [0.25, 0.3) is 0 Å². The minimum absolute atomic E-state index is 0.0278. The lowest BCUT2D eigenvalue weighted by atomic mass is 9.97. The van der Waals surface area contributed by atoms with Gasteiger partial charge in [-0.25, -0.2) is 4.79 Å². The van der Waals surface area contributed by atoms with Gasteiger partial charge in [-0.3, -0.25) is 24.8 Å². The van der Waals surface area contributed by atoms with Gasteiger partial charge in [-0.15, -0.1) is 0 Å². The number of nitro benzene ring substituents is 1. The number of anilines is 1. The largest absolute Gasteiger partial charge is 0.490 e. The molecule has 0 saturated carbocycles. The van der Waals surface area contributed by atoms with Crippen LogP contribution in [0.3, 0.4) is 0 Å². The molecule has 4 fully saturated rings. The number of amides is 1. The van der Waals surface area contributed by atoms with Crippen LogP contribution in [-0.2, 0) is 4.74 Å². The fourth-order valence-electron chi connectivity index (χ4n) is 7.03. The zero-order valence-electron chi connectivity index (χ0n) is 25.5. The Labute approximate surface area is 244 Å². The van der Waals surface area contributed by atoms with E-state index in [2.05, 4.69) is 19.6 Å². The normalized spacial score (nSPS) is 23.0. The van der Waals surface area contributed by atoms with Crippen molar-refractivity contribution in [1.82, 2.24) is 19.6 Å². The van der Waals surface area contributed by atoms with Gasteiger partial charge in [0.15, 0.2) is 5.75 Å². The summed E-state index contributed by atoms with van der Waals surface area (Å²) in [6.45, 7) is 17.9. The first-order chi connectivity index (χ1) is 19.5. The highest BCUT2D eigenvalue weighted by Gasteiger charge is 2.39. The van der Waals surface area contributed by atoms with Gasteiger partial charge < -0.3 is 19.3 Å². The Bertz CT molecular complexity index is 1080. The molecule has 0 aliphatic carbocycles. The first kappa shape index (κ1) is 29.8. The number of rotatable bonds is 6. The second-order valence-corrected chi connectivity index (χ2v) is 13.2. The molecule has 4 saturated heterocycles. The van der Waals surface area contributed by atoms with Crippen molar-refractivity contribution in [2.24, 2.45) is 0 Å². The van der Waals surface area contributed by atoms with Crippen LogP contribution < -0.4 is 9.64 Å². The predicted octanol–water partition coefficient (Wildman–Crippen LogP) is 3.58. The topological polar surface area (TPSA) is 94.9 Å². The van der Waals surface area contributed by atoms with E-state index in [1.54, 1.807) is 6.07 Å². The molecule has 0 aromatic heterocycles. The second-order valence-electron chi connectivity index (χ2n) is 13.2. The summed E-state index contributed by atoms with van der Waals surface area (Å²) in [5.41, 5.74) is 1.56. The number of likely N-dealkylation sites (tertiary alicyclic amines) is 2. The van der Waals surface area contributed by atoms with Gasteiger partial charge in [0, 0.05) is 101 Å². The molecule has 0 radical (unpaired) electrons. The summed E-state index contributed by atoms with van der Waals surface area (Å²) in [7, 11) is 1.49. The van der Waals surface area contributed by atoms with Crippen molar-refractivity contribution in [2.45, 2.75) is 77.1 Å². The Morgan fingerprint density at radius 2 is 1.37 bits per heavy atom. The highest BCUT2D eigenvalue weighted by atomic mass is 16.6. The molecule has 0 unspecified atom stereocenters. The molecule has 0 bridgehead atoms. The minimum Gasteiger partial charge on any atom is -0.490 e. The molecule has 228 valence electrons. The fraction of sp³-hybridized carbons (Fsp3) is 0.767. The van der Waals surface area contributed by atoms with Crippen LogP contribution in [0.4, 0.5) is 16.2 Å². The standard InChI is InChI=1S/C30H48N6O5/c1-22-18-27(36(38)39)28(40-5)19-26(22)34-12-8-24(9-13-34)33-16-14-32(15-17-33)23-6-10-31(11-7-23)25-20-35(21-25)29(37)41-30(2,3)4/h18-19,23-25H,6-17,20-21H2,1-5H3. The quantitative estimate of drug-likeness (QED) is 0.374. The Kier molecular flexibility index (Phi) is 8.96. The average molecular weight is 573 g/mol. The Balaban J connectivity index is 1.02. The highest BCUT2D eigenvalue weighted by molar-refractivity contribution is 5.69. The lowest BCUT2D eigenvalue weighted by molar-refractivity contribution is -0.385. The van der Waals surface area contributed by atoms with Crippen LogP contribution in [0.5, 0.6) is 5.75 Å². The molecular weight excluding hydrogens is 524 g/mol. The van der Waals surface area contributed by atoms with E-state index in [9.17, 15) is 14.9 Å². The van der Waals surface area contributed by atoms with Crippen molar-refractivity contribution in [1.29, 1.82) is 0 Å². The number of benzene rings is 1. The zero-order chi connectivity index (χ0) is 29.3. The predicted molar refractivity (Wildman–Crippen MR) is 159 cm³/mol. The van der Waals surface area contributed by atoms with Gasteiger partial charge in [-0.2, -0.15) is 0 Å². The van der Waals surface area contributed by atoms with Crippen LogP contribution in [0.2, 0.25) is 0 Å². The van der Waals surface area contributed by atoms with Crippen LogP contribution in [0, 0.1) is 17.0 Å². The third kappa shape index (κ3) is 6.89. The van der Waals surface area contributed by atoms with Crippen molar-refractivity contribution in [3.63, 3.8) is 0 Å². The number of carbonyl (C=O) groups is 1. The molecule has 41 heavy (non-hydrogen) atoms. The number of ether oxygens (including phenoxy) is 2. The number of hydrogen-bond donors (Lipinski definition) is 0. The van der Waals surface area contributed by atoms with E-state index in [1.165, 1.54) is 20.0 Å². The van der Waals surface area contributed by atoms with Crippen molar-refractivity contribution >= 4 is 17.5 Å². The van der Waals surface area contributed by atoms with Crippen molar-refractivity contribution in [3.8, 4) is 5.75 Å². The zero-order valence-corrected chi connectivity index (χ0v) is 25.5. The molecule has 0 atom stereocenters. The van der Waals surface area contributed by atoms with Crippen LogP contribution >= 0.6 is 0 Å². The van der Waals surface area contributed by atoms with E-state index < -0.39 is 5.60 Å². The monoisotopic (exact) mass is 572 g/mol. The molecule has 11 nitrogen and oxygen atoms in total. The molecule has 4 aliphatic rings. The first-order valence-corrected chi connectivity index (χ1v) is 15.3. The van der Waals surface area contributed by atoms with Crippen LogP contribution in [0.1, 0.15) is 52.0 Å². The van der Waals surface area contributed by atoms with Crippen molar-refractivity contribution in [3.05, 3.63) is 27.8 Å². The molecule has 5 rings (SSSR count). The van der Waals surface area contributed by atoms with Crippen molar-refractivity contribution in [2.75, 3.05) is 77.5 Å². The molecule has 11 heteroatoms. The number of nitrogens with zero attached hydrogens (tertiary/aromatic N) is 6. The lowest BCUT2D eigenvalue weighted by Crippen LogP contribution is -2.64. The van der Waals surface area contributed by atoms with Gasteiger partial charge in [0.1, 0.15) is 5.60 Å². The molecule has 4 aliphatic heterocycles.